The maximum Gasteiger partial charge on any atom is 0.319 e. The summed E-state index contributed by atoms with van der Waals surface area (Å²) >= 11 is 5.79. The van der Waals surface area contributed by atoms with Gasteiger partial charge in [0, 0.05) is 11.6 Å². The number of aliphatic hydroxyl groups is 1. The molecular weight excluding hydrogens is 304 g/mol. The number of ether oxygens (including phenoxy) is 1. The number of hydrogen-bond acceptors (Lipinski definition) is 3. The number of rotatable bonds is 5. The van der Waals surface area contributed by atoms with Gasteiger partial charge in [-0.2, -0.15) is 0 Å². The van der Waals surface area contributed by atoms with Gasteiger partial charge in [0.1, 0.15) is 5.75 Å². The Kier molecular flexibility index (Phi) is 5.63. The Morgan fingerprint density at radius 3 is 2.59 bits per heavy atom. The van der Waals surface area contributed by atoms with Crippen molar-refractivity contribution in [3.05, 3.63) is 59.1 Å². The van der Waals surface area contributed by atoms with Gasteiger partial charge in [0.2, 0.25) is 0 Å². The highest BCUT2D eigenvalue weighted by molar-refractivity contribution is 6.30. The third-order valence-electron chi connectivity index (χ3n) is 3.07. The second-order valence-electron chi connectivity index (χ2n) is 4.60. The van der Waals surface area contributed by atoms with Gasteiger partial charge < -0.3 is 20.5 Å². The molecule has 1 atom stereocenters. The predicted octanol–water partition coefficient (Wildman–Crippen LogP) is 3.20. The largest absolute Gasteiger partial charge is 0.495 e. The number of urea groups is 1. The van der Waals surface area contributed by atoms with Gasteiger partial charge in [-0.3, -0.25) is 0 Å². The van der Waals surface area contributed by atoms with Gasteiger partial charge in [-0.25, -0.2) is 4.79 Å². The Morgan fingerprint density at radius 1 is 1.23 bits per heavy atom. The van der Waals surface area contributed by atoms with Crippen molar-refractivity contribution in [2.24, 2.45) is 0 Å². The first kappa shape index (κ1) is 16.1. The van der Waals surface area contributed by atoms with E-state index in [1.54, 1.807) is 42.5 Å². The van der Waals surface area contributed by atoms with Gasteiger partial charge in [0.05, 0.1) is 18.9 Å². The molecule has 0 aliphatic carbocycles. The molecular formula is C16H17ClN2O3. The number of anilines is 1. The molecule has 0 saturated carbocycles. The number of carbonyl (C=O) groups is 1. The molecule has 2 aromatic carbocycles. The minimum atomic E-state index is -0.805. The Labute approximate surface area is 133 Å². The fourth-order valence-corrected chi connectivity index (χ4v) is 2.03. The van der Waals surface area contributed by atoms with Gasteiger partial charge in [0.25, 0.3) is 0 Å². The number of benzene rings is 2. The number of amides is 2. The maximum atomic E-state index is 11.9. The first-order valence-corrected chi connectivity index (χ1v) is 7.09. The van der Waals surface area contributed by atoms with Crippen LogP contribution in [0.2, 0.25) is 5.02 Å². The Balaban J connectivity index is 1.88. The normalized spacial score (nSPS) is 11.6. The Bertz CT molecular complexity index is 632. The van der Waals surface area contributed by atoms with Crippen LogP contribution < -0.4 is 15.4 Å². The van der Waals surface area contributed by atoms with E-state index in [1.807, 2.05) is 6.07 Å². The summed E-state index contributed by atoms with van der Waals surface area (Å²) in [6.45, 7) is 0.0859. The minimum Gasteiger partial charge on any atom is -0.495 e. The van der Waals surface area contributed by atoms with Crippen LogP contribution in [-0.2, 0) is 0 Å². The first-order valence-electron chi connectivity index (χ1n) is 6.71. The monoisotopic (exact) mass is 320 g/mol. The van der Waals surface area contributed by atoms with Crippen LogP contribution in [0.5, 0.6) is 5.75 Å². The van der Waals surface area contributed by atoms with E-state index in [-0.39, 0.29) is 6.54 Å². The second kappa shape index (κ2) is 7.68. The van der Waals surface area contributed by atoms with Crippen LogP contribution in [0.1, 0.15) is 11.7 Å². The van der Waals surface area contributed by atoms with E-state index in [4.69, 9.17) is 16.3 Å². The van der Waals surface area contributed by atoms with E-state index in [1.165, 1.54) is 7.11 Å². The number of carbonyl (C=O) groups excluding carboxylic acids is 1. The number of nitrogens with one attached hydrogen (secondary N) is 2. The highest BCUT2D eigenvalue weighted by atomic mass is 35.5. The Hall–Kier alpha value is -2.24. The van der Waals surface area contributed by atoms with Crippen LogP contribution in [0.3, 0.4) is 0 Å². The summed E-state index contributed by atoms with van der Waals surface area (Å²) in [6.07, 6.45) is -0.805. The lowest BCUT2D eigenvalue weighted by Crippen LogP contribution is -2.32. The number of para-hydroxylation sites is 2. The van der Waals surface area contributed by atoms with Crippen molar-refractivity contribution in [3.8, 4) is 5.75 Å². The summed E-state index contributed by atoms with van der Waals surface area (Å²) in [5.74, 6) is 0.566. The summed E-state index contributed by atoms with van der Waals surface area (Å²) in [5, 5.41) is 15.9. The smallest absolute Gasteiger partial charge is 0.319 e. The summed E-state index contributed by atoms with van der Waals surface area (Å²) in [4.78, 5) is 11.9. The average molecular weight is 321 g/mol. The molecule has 0 radical (unpaired) electrons. The van der Waals surface area contributed by atoms with Gasteiger partial charge >= 0.3 is 6.03 Å². The molecule has 0 heterocycles. The lowest BCUT2D eigenvalue weighted by atomic mass is 10.1. The molecule has 0 spiro atoms. The number of aliphatic hydroxyl groups excluding tert-OH is 1. The van der Waals surface area contributed by atoms with Crippen molar-refractivity contribution in [1.29, 1.82) is 0 Å². The third kappa shape index (κ3) is 4.38. The van der Waals surface area contributed by atoms with E-state index >= 15 is 0 Å². The zero-order valence-electron chi connectivity index (χ0n) is 12.0. The van der Waals surface area contributed by atoms with Crippen LogP contribution in [0.15, 0.2) is 48.5 Å². The number of halogens is 1. The predicted molar refractivity (Wildman–Crippen MR) is 86.4 cm³/mol. The lowest BCUT2D eigenvalue weighted by molar-refractivity contribution is 0.175. The third-order valence-corrected chi connectivity index (χ3v) is 3.32. The first-order chi connectivity index (χ1) is 10.6. The molecule has 0 saturated heterocycles. The topological polar surface area (TPSA) is 70.6 Å². The molecule has 2 aromatic rings. The highest BCUT2D eigenvalue weighted by Gasteiger charge is 2.11. The molecule has 0 fully saturated rings. The minimum absolute atomic E-state index is 0.0859. The summed E-state index contributed by atoms with van der Waals surface area (Å²) in [6, 6.07) is 13.5. The SMILES string of the molecule is COc1ccccc1NC(=O)NC[C@@H](O)c1ccc(Cl)cc1. The molecule has 0 unspecified atom stereocenters. The average Bonchev–Trinajstić information content (AvgIpc) is 2.54. The summed E-state index contributed by atoms with van der Waals surface area (Å²) in [7, 11) is 1.53. The van der Waals surface area contributed by atoms with E-state index in [0.29, 0.717) is 22.0 Å². The molecule has 0 aliphatic heterocycles. The summed E-state index contributed by atoms with van der Waals surface area (Å²) < 4.78 is 5.15. The molecule has 6 heteroatoms. The highest BCUT2D eigenvalue weighted by Crippen LogP contribution is 2.22. The van der Waals surface area contributed by atoms with Gasteiger partial charge in [-0.15, -0.1) is 0 Å². The van der Waals surface area contributed by atoms with Gasteiger partial charge in [0.15, 0.2) is 0 Å². The van der Waals surface area contributed by atoms with Crippen molar-refractivity contribution in [2.75, 3.05) is 19.0 Å². The number of methoxy groups -OCH3 is 1. The van der Waals surface area contributed by atoms with Crippen molar-refractivity contribution < 1.29 is 14.6 Å². The molecule has 2 rings (SSSR count). The van der Waals surface area contributed by atoms with E-state index in [9.17, 15) is 9.90 Å². The van der Waals surface area contributed by atoms with Gasteiger partial charge in [-0.1, -0.05) is 35.9 Å². The maximum absolute atomic E-state index is 11.9. The molecule has 0 bridgehead atoms. The van der Waals surface area contributed by atoms with Crippen LogP contribution in [0.25, 0.3) is 0 Å². The molecule has 2 amide bonds. The van der Waals surface area contributed by atoms with Crippen molar-refractivity contribution in [3.63, 3.8) is 0 Å². The lowest BCUT2D eigenvalue weighted by Gasteiger charge is -2.14. The van der Waals surface area contributed by atoms with E-state index in [2.05, 4.69) is 10.6 Å². The van der Waals surface area contributed by atoms with Crippen LogP contribution in [-0.4, -0.2) is 24.8 Å². The van der Waals surface area contributed by atoms with Gasteiger partial charge in [-0.05, 0) is 29.8 Å². The fourth-order valence-electron chi connectivity index (χ4n) is 1.91. The zero-order chi connectivity index (χ0) is 15.9. The molecule has 5 nitrogen and oxygen atoms in total. The quantitative estimate of drug-likeness (QED) is 0.792. The molecule has 116 valence electrons. The van der Waals surface area contributed by atoms with E-state index < -0.39 is 12.1 Å². The van der Waals surface area contributed by atoms with Crippen LogP contribution in [0, 0.1) is 0 Å². The van der Waals surface area contributed by atoms with Crippen LogP contribution >= 0.6 is 11.6 Å². The van der Waals surface area contributed by atoms with Crippen molar-refractivity contribution >= 4 is 23.3 Å². The van der Waals surface area contributed by atoms with Crippen molar-refractivity contribution in [1.82, 2.24) is 5.32 Å². The van der Waals surface area contributed by atoms with E-state index in [0.717, 1.165) is 0 Å². The molecule has 3 N–H and O–H groups in total. The molecule has 22 heavy (non-hydrogen) atoms. The van der Waals surface area contributed by atoms with Crippen LogP contribution in [0.4, 0.5) is 10.5 Å². The standard InChI is InChI=1S/C16H17ClN2O3/c1-22-15-5-3-2-4-13(15)19-16(21)18-10-14(20)11-6-8-12(17)9-7-11/h2-9,14,20H,10H2,1H3,(H2,18,19,21)/t14-/m1/s1. The zero-order valence-corrected chi connectivity index (χ0v) is 12.8. The second-order valence-corrected chi connectivity index (χ2v) is 5.04. The Morgan fingerprint density at radius 2 is 1.91 bits per heavy atom. The molecule has 0 aliphatic rings. The summed E-state index contributed by atoms with van der Waals surface area (Å²) in [5.41, 5.74) is 1.24. The number of hydrogen-bond donors (Lipinski definition) is 3. The van der Waals surface area contributed by atoms with Crippen molar-refractivity contribution in [2.45, 2.75) is 6.10 Å². The molecule has 0 aromatic heterocycles. The fraction of sp³-hybridized carbons (Fsp3) is 0.188.